The summed E-state index contributed by atoms with van der Waals surface area (Å²) in [6, 6.07) is 20.9. The molecule has 0 bridgehead atoms. The third kappa shape index (κ3) is 4.18. The molecule has 1 amide bonds. The molecule has 0 aromatic heterocycles. The van der Waals surface area contributed by atoms with Crippen molar-refractivity contribution in [2.75, 3.05) is 5.32 Å². The maximum absolute atomic E-state index is 11.3. The van der Waals surface area contributed by atoms with Crippen molar-refractivity contribution in [1.29, 1.82) is 0 Å². The summed E-state index contributed by atoms with van der Waals surface area (Å²) in [5.74, 6) is 0.914. The van der Waals surface area contributed by atoms with Gasteiger partial charge in [-0.05, 0) is 75.1 Å². The molecule has 2 heterocycles. The van der Waals surface area contributed by atoms with Crippen LogP contribution in [0.15, 0.2) is 65.7 Å². The molecular weight excluding hydrogens is 408 g/mol. The highest BCUT2D eigenvalue weighted by Crippen LogP contribution is 2.42. The number of fused-ring (bicyclic) bond motifs is 3. The van der Waals surface area contributed by atoms with E-state index < -0.39 is 0 Å². The molecule has 0 unspecified atom stereocenters. The average molecular weight is 439 g/mol. The molecule has 1 N–H and O–H groups in total. The first-order chi connectivity index (χ1) is 15.6. The van der Waals surface area contributed by atoms with Crippen LogP contribution in [0.3, 0.4) is 0 Å². The first-order valence-electron chi connectivity index (χ1n) is 11.5. The summed E-state index contributed by atoms with van der Waals surface area (Å²) in [5, 5.41) is 2.83. The van der Waals surface area contributed by atoms with E-state index in [1.54, 1.807) is 0 Å². The molecule has 3 aromatic rings. The quantitative estimate of drug-likeness (QED) is 0.529. The fourth-order valence-electron chi connectivity index (χ4n) is 5.02. The zero-order valence-electron chi connectivity index (χ0n) is 20.0. The van der Waals surface area contributed by atoms with E-state index in [0.29, 0.717) is 0 Å². The van der Waals surface area contributed by atoms with Gasteiger partial charge in [-0.15, -0.1) is 0 Å². The fraction of sp³-hybridized carbons (Fsp3) is 0.310. The standard InChI is InChI=1S/C29H30N2O2/c1-18(32)30-23-12-9-19(10-13-23)20-7-6-8-21(15-20)27-26-22(16-28(2,3)31-27)11-14-25-24(26)17-29(4,5)33-25/h6-15H,16-17H2,1-5H3,(H,30,32). The van der Waals surface area contributed by atoms with Crippen LogP contribution in [0.2, 0.25) is 0 Å². The molecule has 5 rings (SSSR count). The second kappa shape index (κ2) is 7.58. The molecule has 3 aromatic carbocycles. The topological polar surface area (TPSA) is 50.7 Å². The van der Waals surface area contributed by atoms with Gasteiger partial charge in [0.2, 0.25) is 5.91 Å². The molecule has 0 atom stereocenters. The van der Waals surface area contributed by atoms with Crippen LogP contribution < -0.4 is 10.1 Å². The molecule has 0 spiro atoms. The number of ether oxygens (including phenoxy) is 1. The number of carbonyl (C=O) groups is 1. The Bertz CT molecular complexity index is 1280. The van der Waals surface area contributed by atoms with E-state index in [4.69, 9.17) is 9.73 Å². The molecule has 168 valence electrons. The molecule has 4 nitrogen and oxygen atoms in total. The van der Waals surface area contributed by atoms with Gasteiger partial charge in [-0.25, -0.2) is 0 Å². The Morgan fingerprint density at radius 1 is 0.909 bits per heavy atom. The second-order valence-corrected chi connectivity index (χ2v) is 10.4. The van der Waals surface area contributed by atoms with Gasteiger partial charge in [-0.2, -0.15) is 0 Å². The number of nitrogens with one attached hydrogen (secondary N) is 1. The lowest BCUT2D eigenvalue weighted by Gasteiger charge is -2.30. The number of amides is 1. The zero-order valence-corrected chi connectivity index (χ0v) is 20.0. The molecule has 2 aliphatic rings. The Balaban J connectivity index is 1.59. The van der Waals surface area contributed by atoms with Crippen molar-refractivity contribution in [1.82, 2.24) is 0 Å². The SMILES string of the molecule is CC(=O)Nc1ccc(-c2cccc(C3=NC(C)(C)Cc4ccc5c(c43)CC(C)(C)O5)c2)cc1. The number of hydrogen-bond donors (Lipinski definition) is 1. The predicted molar refractivity (Wildman–Crippen MR) is 134 cm³/mol. The van der Waals surface area contributed by atoms with Crippen molar-refractivity contribution in [2.24, 2.45) is 4.99 Å². The van der Waals surface area contributed by atoms with E-state index in [1.165, 1.54) is 23.6 Å². The number of benzene rings is 3. The molecular formula is C29H30N2O2. The van der Waals surface area contributed by atoms with Crippen molar-refractivity contribution in [3.8, 4) is 16.9 Å². The van der Waals surface area contributed by atoms with E-state index in [2.05, 4.69) is 69.4 Å². The highest BCUT2D eigenvalue weighted by molar-refractivity contribution is 6.16. The summed E-state index contributed by atoms with van der Waals surface area (Å²) < 4.78 is 6.24. The summed E-state index contributed by atoms with van der Waals surface area (Å²) in [4.78, 5) is 16.6. The van der Waals surface area contributed by atoms with Crippen LogP contribution in [-0.4, -0.2) is 22.8 Å². The number of rotatable bonds is 3. The van der Waals surface area contributed by atoms with Crippen molar-refractivity contribution >= 4 is 17.3 Å². The van der Waals surface area contributed by atoms with Gasteiger partial charge in [-0.1, -0.05) is 36.4 Å². The van der Waals surface area contributed by atoms with Crippen LogP contribution in [-0.2, 0) is 17.6 Å². The van der Waals surface area contributed by atoms with E-state index in [0.717, 1.165) is 46.7 Å². The highest BCUT2D eigenvalue weighted by Gasteiger charge is 2.37. The largest absolute Gasteiger partial charge is 0.487 e. The Hall–Kier alpha value is -3.40. The van der Waals surface area contributed by atoms with Gasteiger partial charge in [0.25, 0.3) is 0 Å². The third-order valence-electron chi connectivity index (χ3n) is 6.29. The van der Waals surface area contributed by atoms with E-state index in [-0.39, 0.29) is 17.0 Å². The van der Waals surface area contributed by atoms with Crippen LogP contribution in [0.25, 0.3) is 11.1 Å². The van der Waals surface area contributed by atoms with Gasteiger partial charge in [-0.3, -0.25) is 9.79 Å². The number of hydrogen-bond acceptors (Lipinski definition) is 3. The summed E-state index contributed by atoms with van der Waals surface area (Å²) in [6.45, 7) is 10.2. The minimum Gasteiger partial charge on any atom is -0.487 e. The lowest BCUT2D eigenvalue weighted by atomic mass is 9.81. The van der Waals surface area contributed by atoms with Crippen molar-refractivity contribution < 1.29 is 9.53 Å². The Morgan fingerprint density at radius 2 is 1.64 bits per heavy atom. The highest BCUT2D eigenvalue weighted by atomic mass is 16.5. The zero-order chi connectivity index (χ0) is 23.4. The van der Waals surface area contributed by atoms with Gasteiger partial charge in [0.15, 0.2) is 0 Å². The maximum atomic E-state index is 11.3. The maximum Gasteiger partial charge on any atom is 0.221 e. The van der Waals surface area contributed by atoms with E-state index in [9.17, 15) is 4.79 Å². The number of anilines is 1. The van der Waals surface area contributed by atoms with Crippen LogP contribution >= 0.6 is 0 Å². The number of nitrogens with zero attached hydrogens (tertiary/aromatic N) is 1. The summed E-state index contributed by atoms with van der Waals surface area (Å²) in [7, 11) is 0. The van der Waals surface area contributed by atoms with Crippen molar-refractivity contribution in [3.05, 3.63) is 82.9 Å². The molecule has 33 heavy (non-hydrogen) atoms. The van der Waals surface area contributed by atoms with Crippen LogP contribution in [0.4, 0.5) is 5.69 Å². The first-order valence-corrected chi connectivity index (χ1v) is 11.5. The minimum atomic E-state index is -0.201. The summed E-state index contributed by atoms with van der Waals surface area (Å²) in [6.07, 6.45) is 1.80. The van der Waals surface area contributed by atoms with Gasteiger partial charge >= 0.3 is 0 Å². The molecule has 0 saturated carbocycles. The third-order valence-corrected chi connectivity index (χ3v) is 6.29. The van der Waals surface area contributed by atoms with E-state index >= 15 is 0 Å². The van der Waals surface area contributed by atoms with Crippen LogP contribution in [0.5, 0.6) is 5.75 Å². The van der Waals surface area contributed by atoms with Crippen LogP contribution in [0.1, 0.15) is 56.9 Å². The molecule has 0 aliphatic carbocycles. The van der Waals surface area contributed by atoms with Crippen LogP contribution in [0, 0.1) is 0 Å². The fourth-order valence-corrected chi connectivity index (χ4v) is 5.02. The lowest BCUT2D eigenvalue weighted by molar-refractivity contribution is -0.114. The van der Waals surface area contributed by atoms with Crippen molar-refractivity contribution in [2.45, 2.75) is 58.6 Å². The van der Waals surface area contributed by atoms with Gasteiger partial charge in [0, 0.05) is 35.7 Å². The normalized spacial score (nSPS) is 17.4. The molecule has 0 saturated heterocycles. The Morgan fingerprint density at radius 3 is 2.36 bits per heavy atom. The smallest absolute Gasteiger partial charge is 0.221 e. The lowest BCUT2D eigenvalue weighted by Crippen LogP contribution is -2.30. The van der Waals surface area contributed by atoms with Gasteiger partial charge < -0.3 is 10.1 Å². The first kappa shape index (κ1) is 21.4. The molecule has 2 aliphatic heterocycles. The van der Waals surface area contributed by atoms with Gasteiger partial charge in [0.05, 0.1) is 11.3 Å². The summed E-state index contributed by atoms with van der Waals surface area (Å²) in [5.41, 5.74) is 8.69. The second-order valence-electron chi connectivity index (χ2n) is 10.4. The number of carbonyl (C=O) groups excluding carboxylic acids is 1. The number of aliphatic imine (C=N–C) groups is 1. The molecule has 4 heteroatoms. The van der Waals surface area contributed by atoms with Crippen molar-refractivity contribution in [3.63, 3.8) is 0 Å². The Kier molecular flexibility index (Phi) is 4.93. The predicted octanol–water partition coefficient (Wildman–Crippen LogP) is 6.20. The van der Waals surface area contributed by atoms with Gasteiger partial charge in [0.1, 0.15) is 11.4 Å². The monoisotopic (exact) mass is 438 g/mol. The van der Waals surface area contributed by atoms with E-state index in [1.807, 2.05) is 24.3 Å². The molecule has 0 fully saturated rings. The summed E-state index contributed by atoms with van der Waals surface area (Å²) >= 11 is 0. The average Bonchev–Trinajstić information content (AvgIpc) is 3.06. The molecule has 0 radical (unpaired) electrons. The minimum absolute atomic E-state index is 0.0685. The Labute approximate surface area is 195 Å².